The molecule has 20 heavy (non-hydrogen) atoms. The first kappa shape index (κ1) is 13.1. The van der Waals surface area contributed by atoms with E-state index in [0.717, 1.165) is 22.4 Å². The minimum absolute atomic E-state index is 0.250. The molecule has 1 atom stereocenters. The molecule has 2 aromatic rings. The van der Waals surface area contributed by atoms with E-state index in [1.54, 1.807) is 6.07 Å². The van der Waals surface area contributed by atoms with Crippen molar-refractivity contribution in [3.63, 3.8) is 0 Å². The van der Waals surface area contributed by atoms with Gasteiger partial charge in [0.15, 0.2) is 0 Å². The summed E-state index contributed by atoms with van der Waals surface area (Å²) < 4.78 is 18.7. The van der Waals surface area contributed by atoms with Gasteiger partial charge in [0.25, 0.3) is 0 Å². The number of aliphatic hydroxyl groups is 1. The average Bonchev–Trinajstić information content (AvgIpc) is 2.78. The largest absolute Gasteiger partial charge is 0.494 e. The van der Waals surface area contributed by atoms with Crippen LogP contribution in [0.15, 0.2) is 42.5 Å². The van der Waals surface area contributed by atoms with E-state index in [0.29, 0.717) is 19.4 Å². The number of hydrogen-bond acceptors (Lipinski definition) is 2. The zero-order chi connectivity index (χ0) is 14.2. The summed E-state index contributed by atoms with van der Waals surface area (Å²) in [7, 11) is 0. The molecule has 1 aliphatic rings. The lowest BCUT2D eigenvalue weighted by atomic mass is 9.88. The molecule has 2 aromatic carbocycles. The second kappa shape index (κ2) is 4.91. The third kappa shape index (κ3) is 2.08. The summed E-state index contributed by atoms with van der Waals surface area (Å²) in [5.74, 6) is 0.539. The molecule has 0 heterocycles. The van der Waals surface area contributed by atoms with Crippen molar-refractivity contribution >= 4 is 0 Å². The summed E-state index contributed by atoms with van der Waals surface area (Å²) in [6, 6.07) is 12.1. The molecule has 0 saturated carbocycles. The maximum absolute atomic E-state index is 13.3. The fraction of sp³-hybridized carbons (Fsp3) is 0.294. The van der Waals surface area contributed by atoms with Crippen molar-refractivity contribution in [3.8, 4) is 5.75 Å². The number of benzene rings is 2. The van der Waals surface area contributed by atoms with E-state index in [1.807, 2.05) is 31.2 Å². The van der Waals surface area contributed by atoms with Gasteiger partial charge in [0.1, 0.15) is 17.2 Å². The quantitative estimate of drug-likeness (QED) is 0.928. The van der Waals surface area contributed by atoms with Crippen molar-refractivity contribution in [2.75, 3.05) is 6.61 Å². The van der Waals surface area contributed by atoms with Gasteiger partial charge in [-0.1, -0.05) is 18.2 Å². The van der Waals surface area contributed by atoms with E-state index >= 15 is 0 Å². The second-order valence-corrected chi connectivity index (χ2v) is 5.12. The molecule has 0 spiro atoms. The lowest BCUT2D eigenvalue weighted by Gasteiger charge is -2.25. The van der Waals surface area contributed by atoms with Crippen molar-refractivity contribution in [2.45, 2.75) is 25.4 Å². The second-order valence-electron chi connectivity index (χ2n) is 5.12. The lowest BCUT2D eigenvalue weighted by Crippen LogP contribution is -2.23. The molecular weight excluding hydrogens is 255 g/mol. The van der Waals surface area contributed by atoms with Crippen LogP contribution in [0, 0.1) is 5.82 Å². The first-order valence-corrected chi connectivity index (χ1v) is 6.88. The first-order valence-electron chi connectivity index (χ1n) is 6.88. The van der Waals surface area contributed by atoms with Crippen molar-refractivity contribution in [1.29, 1.82) is 0 Å². The van der Waals surface area contributed by atoms with Crippen LogP contribution in [-0.4, -0.2) is 11.7 Å². The van der Waals surface area contributed by atoms with E-state index in [2.05, 4.69) is 0 Å². The molecule has 0 fully saturated rings. The van der Waals surface area contributed by atoms with Gasteiger partial charge >= 0.3 is 0 Å². The molecule has 104 valence electrons. The van der Waals surface area contributed by atoms with Gasteiger partial charge in [-0.3, -0.25) is 0 Å². The van der Waals surface area contributed by atoms with Gasteiger partial charge in [0, 0.05) is 0 Å². The molecule has 0 radical (unpaired) electrons. The SMILES string of the molecule is CCOc1ccc(C2(O)CCc3cc(F)ccc32)cc1. The Kier molecular flexibility index (Phi) is 3.22. The minimum Gasteiger partial charge on any atom is -0.494 e. The Hall–Kier alpha value is -1.87. The highest BCUT2D eigenvalue weighted by Gasteiger charge is 2.38. The number of rotatable bonds is 3. The van der Waals surface area contributed by atoms with E-state index in [9.17, 15) is 9.50 Å². The molecule has 1 aliphatic carbocycles. The van der Waals surface area contributed by atoms with E-state index in [-0.39, 0.29) is 5.82 Å². The molecular formula is C17H17FO2. The van der Waals surface area contributed by atoms with Gasteiger partial charge in [0.2, 0.25) is 0 Å². The zero-order valence-electron chi connectivity index (χ0n) is 11.4. The third-order valence-corrected chi connectivity index (χ3v) is 3.91. The van der Waals surface area contributed by atoms with Crippen LogP contribution in [0.2, 0.25) is 0 Å². The summed E-state index contributed by atoms with van der Waals surface area (Å²) in [6.45, 7) is 2.55. The van der Waals surface area contributed by atoms with E-state index in [4.69, 9.17) is 4.74 Å². The fourth-order valence-electron chi connectivity index (χ4n) is 2.92. The molecule has 3 rings (SSSR count). The Balaban J connectivity index is 1.98. The standard InChI is InChI=1S/C17H17FO2/c1-2-20-15-6-3-13(4-7-15)17(19)10-9-12-11-14(18)5-8-16(12)17/h3-8,11,19H,2,9-10H2,1H3. The van der Waals surface area contributed by atoms with Crippen molar-refractivity contribution < 1.29 is 14.2 Å². The Morgan fingerprint density at radius 2 is 1.95 bits per heavy atom. The van der Waals surface area contributed by atoms with Gasteiger partial charge in [-0.15, -0.1) is 0 Å². The average molecular weight is 272 g/mol. The molecule has 0 amide bonds. The van der Waals surface area contributed by atoms with Crippen LogP contribution in [0.5, 0.6) is 5.75 Å². The van der Waals surface area contributed by atoms with Gasteiger partial charge in [-0.05, 0) is 60.7 Å². The van der Waals surface area contributed by atoms with Crippen molar-refractivity contribution in [3.05, 3.63) is 65.0 Å². The Morgan fingerprint density at radius 1 is 1.20 bits per heavy atom. The summed E-state index contributed by atoms with van der Waals surface area (Å²) in [6.07, 6.45) is 1.27. The maximum Gasteiger partial charge on any atom is 0.123 e. The lowest BCUT2D eigenvalue weighted by molar-refractivity contribution is 0.0828. The summed E-state index contributed by atoms with van der Waals surface area (Å²) in [5, 5.41) is 11.0. The molecule has 3 heteroatoms. The number of fused-ring (bicyclic) bond motifs is 1. The number of hydrogen-bond donors (Lipinski definition) is 1. The van der Waals surface area contributed by atoms with Crippen LogP contribution >= 0.6 is 0 Å². The minimum atomic E-state index is -1.02. The Labute approximate surface area is 117 Å². The van der Waals surface area contributed by atoms with Crippen molar-refractivity contribution in [2.24, 2.45) is 0 Å². The highest BCUT2D eigenvalue weighted by Crippen LogP contribution is 2.42. The Bertz CT molecular complexity index is 621. The predicted octanol–water partition coefficient (Wildman–Crippen LogP) is 3.41. The monoisotopic (exact) mass is 272 g/mol. The summed E-state index contributed by atoms with van der Waals surface area (Å²) in [4.78, 5) is 0. The van der Waals surface area contributed by atoms with Crippen LogP contribution in [0.3, 0.4) is 0 Å². The normalized spacial score (nSPS) is 20.8. The van der Waals surface area contributed by atoms with E-state index < -0.39 is 5.60 Å². The van der Waals surface area contributed by atoms with Gasteiger partial charge < -0.3 is 9.84 Å². The van der Waals surface area contributed by atoms with Gasteiger partial charge in [0.05, 0.1) is 6.61 Å². The molecule has 1 N–H and O–H groups in total. The molecule has 0 aromatic heterocycles. The molecule has 2 nitrogen and oxygen atoms in total. The summed E-state index contributed by atoms with van der Waals surface area (Å²) >= 11 is 0. The zero-order valence-corrected chi connectivity index (χ0v) is 11.4. The van der Waals surface area contributed by atoms with Crippen LogP contribution in [0.1, 0.15) is 30.0 Å². The molecule has 0 bridgehead atoms. The fourth-order valence-corrected chi connectivity index (χ4v) is 2.92. The maximum atomic E-state index is 13.3. The highest BCUT2D eigenvalue weighted by molar-refractivity contribution is 5.46. The third-order valence-electron chi connectivity index (χ3n) is 3.91. The first-order chi connectivity index (χ1) is 9.63. The number of halogens is 1. The van der Waals surface area contributed by atoms with Crippen LogP contribution < -0.4 is 4.74 Å². The van der Waals surface area contributed by atoms with Gasteiger partial charge in [-0.2, -0.15) is 0 Å². The van der Waals surface area contributed by atoms with Crippen LogP contribution in [-0.2, 0) is 12.0 Å². The topological polar surface area (TPSA) is 29.5 Å². The van der Waals surface area contributed by atoms with Crippen molar-refractivity contribution in [1.82, 2.24) is 0 Å². The number of ether oxygens (including phenoxy) is 1. The van der Waals surface area contributed by atoms with Crippen LogP contribution in [0.25, 0.3) is 0 Å². The number of aryl methyl sites for hydroxylation is 1. The van der Waals surface area contributed by atoms with Gasteiger partial charge in [-0.25, -0.2) is 4.39 Å². The Morgan fingerprint density at radius 3 is 2.65 bits per heavy atom. The smallest absolute Gasteiger partial charge is 0.123 e. The van der Waals surface area contributed by atoms with Crippen LogP contribution in [0.4, 0.5) is 4.39 Å². The van der Waals surface area contributed by atoms with E-state index in [1.165, 1.54) is 12.1 Å². The summed E-state index contributed by atoms with van der Waals surface area (Å²) in [5.41, 5.74) is 1.50. The highest BCUT2D eigenvalue weighted by atomic mass is 19.1. The molecule has 1 unspecified atom stereocenters. The molecule has 0 saturated heterocycles. The predicted molar refractivity (Wildman–Crippen MR) is 75.3 cm³/mol. The molecule has 0 aliphatic heterocycles.